The summed E-state index contributed by atoms with van der Waals surface area (Å²) < 4.78 is 5.20. The third-order valence-electron chi connectivity index (χ3n) is 2.99. The fourth-order valence-corrected chi connectivity index (χ4v) is 1.99. The second-order valence-electron chi connectivity index (χ2n) is 4.21. The molecule has 3 aromatic rings. The van der Waals surface area contributed by atoms with Gasteiger partial charge in [-0.2, -0.15) is 0 Å². The summed E-state index contributed by atoms with van der Waals surface area (Å²) in [6, 6.07) is 9.60. The third-order valence-corrected chi connectivity index (χ3v) is 2.99. The summed E-state index contributed by atoms with van der Waals surface area (Å²) in [4.78, 5) is 12.0. The minimum atomic E-state index is 0.419. The molecule has 0 aliphatic carbocycles. The molecule has 3 N–H and O–H groups in total. The second-order valence-corrected chi connectivity index (χ2v) is 4.21. The van der Waals surface area contributed by atoms with Crippen LogP contribution in [0.25, 0.3) is 22.4 Å². The average Bonchev–Trinajstić information content (AvgIpc) is 2.90. The Morgan fingerprint density at radius 2 is 2.16 bits per heavy atom. The van der Waals surface area contributed by atoms with Gasteiger partial charge in [0.1, 0.15) is 11.6 Å². The van der Waals surface area contributed by atoms with Crippen LogP contribution in [-0.2, 0) is 6.54 Å². The Kier molecular flexibility index (Phi) is 2.89. The molecule has 0 atom stereocenters. The summed E-state index contributed by atoms with van der Waals surface area (Å²) >= 11 is 0. The number of methoxy groups -OCH3 is 1. The van der Waals surface area contributed by atoms with E-state index in [0.717, 1.165) is 33.9 Å². The van der Waals surface area contributed by atoms with Gasteiger partial charge in [0.05, 0.1) is 23.8 Å². The Morgan fingerprint density at radius 1 is 1.26 bits per heavy atom. The molecule has 0 fully saturated rings. The molecule has 1 aromatic carbocycles. The number of nitrogens with zero attached hydrogens (tertiary/aromatic N) is 2. The van der Waals surface area contributed by atoms with Crippen molar-refractivity contribution in [1.82, 2.24) is 15.0 Å². The Morgan fingerprint density at radius 3 is 2.95 bits per heavy atom. The van der Waals surface area contributed by atoms with Crippen LogP contribution in [-0.4, -0.2) is 22.1 Å². The summed E-state index contributed by atoms with van der Waals surface area (Å²) in [7, 11) is 1.65. The van der Waals surface area contributed by atoms with Crippen molar-refractivity contribution in [2.45, 2.75) is 6.54 Å². The van der Waals surface area contributed by atoms with E-state index in [-0.39, 0.29) is 0 Å². The molecule has 3 rings (SSSR count). The maximum Gasteiger partial charge on any atom is 0.138 e. The van der Waals surface area contributed by atoms with Gasteiger partial charge in [0, 0.05) is 24.4 Å². The zero-order chi connectivity index (χ0) is 13.2. The molecule has 0 radical (unpaired) electrons. The zero-order valence-electron chi connectivity index (χ0n) is 10.6. The van der Waals surface area contributed by atoms with Gasteiger partial charge in [0.25, 0.3) is 0 Å². The van der Waals surface area contributed by atoms with E-state index in [1.165, 1.54) is 0 Å². The van der Waals surface area contributed by atoms with Crippen LogP contribution in [0.15, 0.2) is 36.5 Å². The molecule has 0 aliphatic rings. The number of ether oxygens (including phenoxy) is 1. The minimum absolute atomic E-state index is 0.419. The molecule has 2 heterocycles. The van der Waals surface area contributed by atoms with E-state index in [9.17, 15) is 0 Å². The summed E-state index contributed by atoms with van der Waals surface area (Å²) in [5.74, 6) is 1.61. The number of rotatable bonds is 3. The largest absolute Gasteiger partial charge is 0.497 e. The molecule has 96 valence electrons. The smallest absolute Gasteiger partial charge is 0.138 e. The van der Waals surface area contributed by atoms with Crippen LogP contribution in [0.4, 0.5) is 0 Å². The SMILES string of the molecule is COc1ccc2nc(-c3ccnc(CN)c3)[nH]c2c1. The summed E-state index contributed by atoms with van der Waals surface area (Å²) in [5.41, 5.74) is 9.27. The van der Waals surface area contributed by atoms with Gasteiger partial charge in [0.15, 0.2) is 0 Å². The fraction of sp³-hybridized carbons (Fsp3) is 0.143. The lowest BCUT2D eigenvalue weighted by Gasteiger charge is -1.99. The zero-order valence-corrected chi connectivity index (χ0v) is 10.6. The van der Waals surface area contributed by atoms with Gasteiger partial charge in [-0.25, -0.2) is 4.98 Å². The summed E-state index contributed by atoms with van der Waals surface area (Å²) in [6.45, 7) is 0.419. The molecule has 0 saturated heterocycles. The highest BCUT2D eigenvalue weighted by Crippen LogP contribution is 2.23. The van der Waals surface area contributed by atoms with Crippen LogP contribution in [0.5, 0.6) is 5.75 Å². The molecule has 0 spiro atoms. The average molecular weight is 254 g/mol. The monoisotopic (exact) mass is 254 g/mol. The first-order valence-electron chi connectivity index (χ1n) is 5.99. The highest BCUT2D eigenvalue weighted by molar-refractivity contribution is 5.80. The van der Waals surface area contributed by atoms with Crippen molar-refractivity contribution in [3.05, 3.63) is 42.2 Å². The van der Waals surface area contributed by atoms with Gasteiger partial charge < -0.3 is 15.5 Å². The second kappa shape index (κ2) is 4.70. The molecule has 0 saturated carbocycles. The van der Waals surface area contributed by atoms with E-state index in [1.807, 2.05) is 30.3 Å². The lowest BCUT2D eigenvalue weighted by Crippen LogP contribution is -1.99. The predicted molar refractivity (Wildman–Crippen MR) is 73.8 cm³/mol. The lowest BCUT2D eigenvalue weighted by molar-refractivity contribution is 0.415. The number of nitrogens with one attached hydrogen (secondary N) is 1. The summed E-state index contributed by atoms with van der Waals surface area (Å²) in [6.07, 6.45) is 1.74. The van der Waals surface area contributed by atoms with Crippen LogP contribution in [0, 0.1) is 0 Å². The molecular formula is C14H14N4O. The van der Waals surface area contributed by atoms with Crippen molar-refractivity contribution in [2.24, 2.45) is 5.73 Å². The molecule has 0 bridgehead atoms. The van der Waals surface area contributed by atoms with Crippen molar-refractivity contribution in [3.8, 4) is 17.1 Å². The van der Waals surface area contributed by atoms with Gasteiger partial charge in [-0.3, -0.25) is 4.98 Å². The molecule has 19 heavy (non-hydrogen) atoms. The number of fused-ring (bicyclic) bond motifs is 1. The first kappa shape index (κ1) is 11.7. The number of aromatic nitrogens is 3. The van der Waals surface area contributed by atoms with E-state index in [0.29, 0.717) is 6.54 Å². The minimum Gasteiger partial charge on any atom is -0.497 e. The maximum atomic E-state index is 5.60. The molecule has 0 aliphatic heterocycles. The Balaban J connectivity index is 2.09. The quantitative estimate of drug-likeness (QED) is 0.750. The maximum absolute atomic E-state index is 5.60. The third kappa shape index (κ3) is 2.15. The number of benzene rings is 1. The number of imidazole rings is 1. The standard InChI is InChI=1S/C14H14N4O/c1-19-11-2-3-12-13(7-11)18-14(17-12)9-4-5-16-10(6-9)8-15/h2-7H,8,15H2,1H3,(H,17,18). The van der Waals surface area contributed by atoms with E-state index in [1.54, 1.807) is 13.3 Å². The Labute approximate surface area is 110 Å². The highest BCUT2D eigenvalue weighted by Gasteiger charge is 2.07. The van der Waals surface area contributed by atoms with Crippen molar-refractivity contribution < 1.29 is 4.74 Å². The normalized spacial score (nSPS) is 10.8. The van der Waals surface area contributed by atoms with Crippen molar-refractivity contribution in [1.29, 1.82) is 0 Å². The van der Waals surface area contributed by atoms with Crippen LogP contribution in [0.3, 0.4) is 0 Å². The van der Waals surface area contributed by atoms with Crippen LogP contribution in [0.2, 0.25) is 0 Å². The molecule has 2 aromatic heterocycles. The van der Waals surface area contributed by atoms with Crippen LogP contribution >= 0.6 is 0 Å². The van der Waals surface area contributed by atoms with Crippen molar-refractivity contribution >= 4 is 11.0 Å². The molecule has 0 unspecified atom stereocenters. The van der Waals surface area contributed by atoms with Crippen molar-refractivity contribution in [2.75, 3.05) is 7.11 Å². The number of pyridine rings is 1. The molecule has 0 amide bonds. The van der Waals surface area contributed by atoms with Crippen molar-refractivity contribution in [3.63, 3.8) is 0 Å². The van der Waals surface area contributed by atoms with E-state index >= 15 is 0 Å². The van der Waals surface area contributed by atoms with Gasteiger partial charge in [-0.15, -0.1) is 0 Å². The van der Waals surface area contributed by atoms with Gasteiger partial charge in [0.2, 0.25) is 0 Å². The van der Waals surface area contributed by atoms with E-state index in [4.69, 9.17) is 10.5 Å². The fourth-order valence-electron chi connectivity index (χ4n) is 1.99. The van der Waals surface area contributed by atoms with Gasteiger partial charge in [-0.1, -0.05) is 0 Å². The number of hydrogen-bond acceptors (Lipinski definition) is 4. The van der Waals surface area contributed by atoms with Crippen LogP contribution in [0.1, 0.15) is 5.69 Å². The number of H-pyrrole nitrogens is 1. The number of hydrogen-bond donors (Lipinski definition) is 2. The topological polar surface area (TPSA) is 76.8 Å². The van der Waals surface area contributed by atoms with Crippen LogP contribution < -0.4 is 10.5 Å². The predicted octanol–water partition coefficient (Wildman–Crippen LogP) is 2.09. The first-order valence-corrected chi connectivity index (χ1v) is 5.99. The number of aromatic amines is 1. The van der Waals surface area contributed by atoms with Gasteiger partial charge in [-0.05, 0) is 24.3 Å². The highest BCUT2D eigenvalue weighted by atomic mass is 16.5. The molecule has 5 nitrogen and oxygen atoms in total. The summed E-state index contributed by atoms with van der Waals surface area (Å²) in [5, 5.41) is 0. The van der Waals surface area contributed by atoms with Gasteiger partial charge >= 0.3 is 0 Å². The van der Waals surface area contributed by atoms with E-state index < -0.39 is 0 Å². The number of nitrogens with two attached hydrogens (primary N) is 1. The Hall–Kier alpha value is -2.40. The first-order chi connectivity index (χ1) is 9.30. The Bertz CT molecular complexity index is 720. The van der Waals surface area contributed by atoms with E-state index in [2.05, 4.69) is 15.0 Å². The lowest BCUT2D eigenvalue weighted by atomic mass is 10.2. The molecule has 5 heteroatoms. The molecular weight excluding hydrogens is 240 g/mol.